The summed E-state index contributed by atoms with van der Waals surface area (Å²) in [6.07, 6.45) is -1.39. The first-order chi connectivity index (χ1) is 6.75. The third-order valence-electron chi connectivity index (χ3n) is 1.56. The lowest BCUT2D eigenvalue weighted by molar-refractivity contribution is 0.365. The van der Waals surface area contributed by atoms with Crippen LogP contribution in [-0.2, 0) is 13.7 Å². The molecule has 0 saturated heterocycles. The summed E-state index contributed by atoms with van der Waals surface area (Å²) >= 11 is 0. The van der Waals surface area contributed by atoms with Crippen molar-refractivity contribution in [3.63, 3.8) is 0 Å². The summed E-state index contributed by atoms with van der Waals surface area (Å²) in [5, 5.41) is -2.25. The van der Waals surface area contributed by atoms with E-state index in [2.05, 4.69) is 0 Å². The Bertz CT molecular complexity index is 432. The van der Waals surface area contributed by atoms with E-state index in [0.29, 0.717) is 6.92 Å². The molecule has 0 aromatic rings. The molecule has 0 aliphatic carbocycles. The topological polar surface area (TPSA) is 173 Å². The molecule has 0 unspecified atom stereocenters. The minimum Gasteiger partial charge on any atom is -0.324 e. The second-order valence-electron chi connectivity index (χ2n) is 2.94. The lowest BCUT2D eigenvalue weighted by Crippen LogP contribution is -1.99. The lowest BCUT2D eigenvalue weighted by atomic mass is 10.6. The van der Waals surface area contributed by atoms with Crippen molar-refractivity contribution >= 4 is 22.8 Å². The van der Waals surface area contributed by atoms with E-state index in [1.807, 2.05) is 0 Å². The molecule has 0 saturated carbocycles. The summed E-state index contributed by atoms with van der Waals surface area (Å²) in [4.78, 5) is 51.9. The van der Waals surface area contributed by atoms with Gasteiger partial charge < -0.3 is 29.4 Å². The van der Waals surface area contributed by atoms with Gasteiger partial charge in [-0.15, -0.1) is 0 Å². The van der Waals surface area contributed by atoms with E-state index in [1.165, 1.54) is 0 Å². The Hall–Kier alpha value is 0.190. The van der Waals surface area contributed by atoms with Gasteiger partial charge >= 0.3 is 22.8 Å². The molecule has 96 valence electrons. The van der Waals surface area contributed by atoms with Gasteiger partial charge in [-0.1, -0.05) is 0 Å². The molecule has 16 heavy (non-hydrogen) atoms. The highest BCUT2D eigenvalue weighted by atomic mass is 31.2. The Morgan fingerprint density at radius 1 is 0.875 bits per heavy atom. The molecular formula is C4H11O9P3. The van der Waals surface area contributed by atoms with Gasteiger partial charge in [-0.05, 0) is 6.92 Å². The maximum absolute atomic E-state index is 10.8. The van der Waals surface area contributed by atoms with Crippen LogP contribution in [0.4, 0.5) is 0 Å². The Morgan fingerprint density at radius 3 is 1.44 bits per heavy atom. The van der Waals surface area contributed by atoms with Crippen molar-refractivity contribution in [2.45, 2.75) is 6.92 Å². The fraction of sp³-hybridized carbons (Fsp3) is 0.500. The maximum Gasteiger partial charge on any atom is 0.353 e. The van der Waals surface area contributed by atoms with E-state index in [0.717, 1.165) is 0 Å². The molecule has 0 amide bonds. The molecule has 9 nitrogen and oxygen atoms in total. The summed E-state index contributed by atoms with van der Waals surface area (Å²) in [5.41, 5.74) is 0. The van der Waals surface area contributed by atoms with Gasteiger partial charge in [0.25, 0.3) is 0 Å². The summed E-state index contributed by atoms with van der Waals surface area (Å²) in [6.45, 7) is 0.713. The Kier molecular flexibility index (Phi) is 4.88. The van der Waals surface area contributed by atoms with Crippen molar-refractivity contribution in [2.75, 3.05) is 6.16 Å². The fourth-order valence-electron chi connectivity index (χ4n) is 0.781. The van der Waals surface area contributed by atoms with Crippen LogP contribution >= 0.6 is 22.8 Å². The lowest BCUT2D eigenvalue weighted by Gasteiger charge is -2.15. The first kappa shape index (κ1) is 16.2. The molecule has 0 rings (SSSR count). The fourth-order valence-corrected chi connectivity index (χ4v) is 4.44. The van der Waals surface area contributed by atoms with E-state index in [1.54, 1.807) is 0 Å². The van der Waals surface area contributed by atoms with E-state index >= 15 is 0 Å². The van der Waals surface area contributed by atoms with Crippen molar-refractivity contribution in [2.24, 2.45) is 0 Å². The van der Waals surface area contributed by atoms with E-state index < -0.39 is 39.6 Å². The number of rotatable bonds is 4. The van der Waals surface area contributed by atoms with Gasteiger partial charge in [0.15, 0.2) is 0 Å². The summed E-state index contributed by atoms with van der Waals surface area (Å²) < 4.78 is 32.2. The molecule has 0 aromatic carbocycles. The van der Waals surface area contributed by atoms with Crippen LogP contribution in [0.25, 0.3) is 0 Å². The quantitative estimate of drug-likeness (QED) is 0.382. The molecule has 6 N–H and O–H groups in total. The molecular weight excluding hydrogens is 285 g/mol. The first-order valence-electron chi connectivity index (χ1n) is 3.61. The zero-order valence-corrected chi connectivity index (χ0v) is 10.6. The second kappa shape index (κ2) is 4.82. The number of hydrogen-bond donors (Lipinski definition) is 6. The monoisotopic (exact) mass is 296 g/mol. The molecule has 0 aliphatic heterocycles. The van der Waals surface area contributed by atoms with E-state index in [9.17, 15) is 13.7 Å². The highest BCUT2D eigenvalue weighted by Crippen LogP contribution is 2.59. The first-order valence-corrected chi connectivity index (χ1v) is 8.64. The van der Waals surface area contributed by atoms with Crippen molar-refractivity contribution in [3.8, 4) is 0 Å². The molecule has 0 heterocycles. The zero-order chi connectivity index (χ0) is 13.4. The van der Waals surface area contributed by atoms with Crippen LogP contribution in [0.3, 0.4) is 0 Å². The highest BCUT2D eigenvalue weighted by Gasteiger charge is 2.35. The normalized spacial score (nSPS) is 15.9. The summed E-state index contributed by atoms with van der Waals surface area (Å²) in [6, 6.07) is 0. The summed E-state index contributed by atoms with van der Waals surface area (Å²) in [7, 11) is -14.9. The zero-order valence-electron chi connectivity index (χ0n) is 7.96. The Balaban J connectivity index is 5.73. The largest absolute Gasteiger partial charge is 0.353 e. The van der Waals surface area contributed by atoms with Crippen LogP contribution in [-0.4, -0.2) is 35.5 Å². The van der Waals surface area contributed by atoms with E-state index in [4.69, 9.17) is 29.4 Å². The highest BCUT2D eigenvalue weighted by molar-refractivity contribution is 7.62. The van der Waals surface area contributed by atoms with Gasteiger partial charge in [0.2, 0.25) is 0 Å². The van der Waals surface area contributed by atoms with Crippen molar-refractivity contribution in [1.29, 1.82) is 0 Å². The van der Waals surface area contributed by atoms with Crippen LogP contribution in [0.2, 0.25) is 0 Å². The van der Waals surface area contributed by atoms with Gasteiger partial charge in [0, 0.05) is 0 Å². The third-order valence-corrected chi connectivity index (χ3v) is 5.06. The average Bonchev–Trinajstić information content (AvgIpc) is 1.93. The SMILES string of the molecule is C/C(=C(/CP(=O)(O)O)P(=O)(O)O)P(=O)(O)O. The standard InChI is InChI=1S/C4H11O9P3/c1-3(15(8,9)10)4(16(11,12)13)2-14(5,6)7/h2H2,1H3,(H2,5,6,7)(H2,8,9,10)(H2,11,12,13)/b4-3+. The van der Waals surface area contributed by atoms with Gasteiger partial charge in [-0.3, -0.25) is 13.7 Å². The minimum atomic E-state index is -5.13. The van der Waals surface area contributed by atoms with Gasteiger partial charge in [0.1, 0.15) is 0 Å². The maximum atomic E-state index is 10.8. The second-order valence-corrected chi connectivity index (χ2v) is 7.98. The Morgan fingerprint density at radius 2 is 1.25 bits per heavy atom. The smallest absolute Gasteiger partial charge is 0.324 e. The molecule has 0 aromatic heterocycles. The van der Waals surface area contributed by atoms with Crippen LogP contribution in [0.5, 0.6) is 0 Å². The van der Waals surface area contributed by atoms with Gasteiger partial charge in [0.05, 0.1) is 16.8 Å². The van der Waals surface area contributed by atoms with Crippen LogP contribution in [0.15, 0.2) is 10.6 Å². The number of allylic oxidation sites excluding steroid dienone is 2. The van der Waals surface area contributed by atoms with E-state index in [-0.39, 0.29) is 0 Å². The molecule has 0 bridgehead atoms. The molecule has 0 atom stereocenters. The van der Waals surface area contributed by atoms with Gasteiger partial charge in [-0.2, -0.15) is 0 Å². The average molecular weight is 296 g/mol. The van der Waals surface area contributed by atoms with Crippen LogP contribution < -0.4 is 0 Å². The van der Waals surface area contributed by atoms with Crippen molar-refractivity contribution in [1.82, 2.24) is 0 Å². The minimum absolute atomic E-state index is 0.713. The van der Waals surface area contributed by atoms with Crippen molar-refractivity contribution < 1.29 is 43.1 Å². The van der Waals surface area contributed by atoms with Crippen LogP contribution in [0, 0.1) is 0 Å². The molecule has 12 heteroatoms. The van der Waals surface area contributed by atoms with Gasteiger partial charge in [-0.25, -0.2) is 0 Å². The molecule has 0 spiro atoms. The van der Waals surface area contributed by atoms with Crippen molar-refractivity contribution in [3.05, 3.63) is 10.6 Å². The molecule has 0 aliphatic rings. The molecule has 0 fully saturated rings. The number of hydrogen-bond acceptors (Lipinski definition) is 3. The third kappa shape index (κ3) is 5.50. The predicted octanol–water partition coefficient (Wildman–Crippen LogP) is -0.249. The predicted molar refractivity (Wildman–Crippen MR) is 53.7 cm³/mol. The Labute approximate surface area is 90.3 Å². The molecule has 0 radical (unpaired) electrons. The van der Waals surface area contributed by atoms with Crippen LogP contribution in [0.1, 0.15) is 6.92 Å². The summed E-state index contributed by atoms with van der Waals surface area (Å²) in [5.74, 6) is 0.